The molecule has 0 aliphatic heterocycles. The van der Waals surface area contributed by atoms with Crippen LogP contribution in [-0.2, 0) is 9.53 Å². The van der Waals surface area contributed by atoms with Crippen molar-refractivity contribution >= 4 is 28.8 Å². The van der Waals surface area contributed by atoms with Gasteiger partial charge >= 0.3 is 5.97 Å². The van der Waals surface area contributed by atoms with E-state index in [2.05, 4.69) is 9.97 Å². The summed E-state index contributed by atoms with van der Waals surface area (Å²) >= 11 is 1.25. The van der Waals surface area contributed by atoms with Gasteiger partial charge in [-0.15, -0.1) is 0 Å². The van der Waals surface area contributed by atoms with Gasteiger partial charge in [-0.05, 0) is 24.3 Å². The lowest BCUT2D eigenvalue weighted by Gasteiger charge is -2.08. The number of benzene rings is 2. The smallest absolute Gasteiger partial charge is 0.316 e. The number of halogens is 1. The van der Waals surface area contributed by atoms with Gasteiger partial charge in [-0.1, -0.05) is 36.0 Å². The summed E-state index contributed by atoms with van der Waals surface area (Å²) in [4.78, 5) is 20.4. The van der Waals surface area contributed by atoms with Crippen LogP contribution in [0.4, 0.5) is 4.39 Å². The molecule has 0 aliphatic rings. The van der Waals surface area contributed by atoms with E-state index in [1.807, 2.05) is 24.3 Å². The molecule has 0 radical (unpaired) electrons. The first kappa shape index (κ1) is 17.2. The summed E-state index contributed by atoms with van der Waals surface area (Å²) in [6.07, 6.45) is 1.63. The summed E-state index contributed by atoms with van der Waals surface area (Å²) in [5.74, 6) is -0.581. The minimum absolute atomic E-state index is 0.0527. The van der Waals surface area contributed by atoms with Crippen molar-refractivity contribution in [3.63, 3.8) is 0 Å². The van der Waals surface area contributed by atoms with E-state index < -0.39 is 11.8 Å². The number of thioether (sulfide) groups is 1. The molecule has 7 heteroatoms. The van der Waals surface area contributed by atoms with E-state index in [4.69, 9.17) is 9.47 Å². The molecule has 0 unspecified atom stereocenters. The maximum absolute atomic E-state index is 13.3. The van der Waals surface area contributed by atoms with Crippen LogP contribution < -0.4 is 4.74 Å². The first-order valence-corrected chi connectivity index (χ1v) is 8.58. The second kappa shape index (κ2) is 8.43. The highest BCUT2D eigenvalue weighted by Crippen LogP contribution is 2.18. The molecule has 3 aromatic rings. The number of esters is 1. The number of ether oxygens (including phenoxy) is 2. The number of rotatable bonds is 7. The SMILES string of the molecule is O=C(CSc1cnc2ccccc2n1)OCCOc1ccccc1F. The summed E-state index contributed by atoms with van der Waals surface area (Å²) in [5.41, 5.74) is 1.58. The molecule has 0 atom stereocenters. The molecule has 25 heavy (non-hydrogen) atoms. The van der Waals surface area contributed by atoms with Crippen molar-refractivity contribution in [1.82, 2.24) is 9.97 Å². The Hall–Kier alpha value is -2.67. The topological polar surface area (TPSA) is 61.3 Å². The first-order valence-electron chi connectivity index (χ1n) is 7.60. The van der Waals surface area contributed by atoms with Gasteiger partial charge in [-0.2, -0.15) is 0 Å². The van der Waals surface area contributed by atoms with Crippen LogP contribution in [0.25, 0.3) is 11.0 Å². The molecule has 0 amide bonds. The molecule has 2 aromatic carbocycles. The standard InChI is InChI=1S/C18H15FN2O3S/c19-13-5-1-4-8-16(13)23-9-10-24-18(22)12-25-17-11-20-14-6-2-3-7-15(14)21-17/h1-8,11H,9-10,12H2. The van der Waals surface area contributed by atoms with Gasteiger partial charge in [0.1, 0.15) is 18.2 Å². The maximum atomic E-state index is 13.3. The van der Waals surface area contributed by atoms with Crippen molar-refractivity contribution in [3.05, 3.63) is 60.5 Å². The van der Waals surface area contributed by atoms with Gasteiger partial charge in [0.2, 0.25) is 0 Å². The zero-order chi connectivity index (χ0) is 17.5. The largest absolute Gasteiger partial charge is 0.487 e. The van der Waals surface area contributed by atoms with E-state index in [-0.39, 0.29) is 24.7 Å². The third-order valence-corrected chi connectivity index (χ3v) is 4.08. The van der Waals surface area contributed by atoms with Crippen molar-refractivity contribution in [3.8, 4) is 5.75 Å². The third kappa shape index (κ3) is 4.90. The minimum Gasteiger partial charge on any atom is -0.487 e. The number of hydrogen-bond donors (Lipinski definition) is 0. The molecule has 128 valence electrons. The molecule has 0 saturated heterocycles. The summed E-state index contributed by atoms with van der Waals surface area (Å²) in [5, 5.41) is 0.651. The normalized spacial score (nSPS) is 10.6. The van der Waals surface area contributed by atoms with Gasteiger partial charge < -0.3 is 9.47 Å². The van der Waals surface area contributed by atoms with Crippen molar-refractivity contribution in [2.24, 2.45) is 0 Å². The van der Waals surface area contributed by atoms with Crippen LogP contribution in [0.5, 0.6) is 5.75 Å². The predicted octanol–water partition coefficient (Wildman–Crippen LogP) is 3.48. The summed E-state index contributed by atoms with van der Waals surface area (Å²) in [7, 11) is 0. The van der Waals surface area contributed by atoms with Crippen LogP contribution in [0.2, 0.25) is 0 Å². The average molecular weight is 358 g/mol. The monoisotopic (exact) mass is 358 g/mol. The Morgan fingerprint density at radius 1 is 1.04 bits per heavy atom. The number of nitrogens with zero attached hydrogens (tertiary/aromatic N) is 2. The molecule has 0 bridgehead atoms. The molecule has 1 heterocycles. The molecule has 1 aromatic heterocycles. The number of hydrogen-bond acceptors (Lipinski definition) is 6. The fraction of sp³-hybridized carbons (Fsp3) is 0.167. The highest BCUT2D eigenvalue weighted by Gasteiger charge is 2.07. The highest BCUT2D eigenvalue weighted by molar-refractivity contribution is 7.99. The fourth-order valence-electron chi connectivity index (χ4n) is 2.05. The lowest BCUT2D eigenvalue weighted by molar-refractivity contribution is -0.141. The zero-order valence-electron chi connectivity index (χ0n) is 13.2. The number of aromatic nitrogens is 2. The van der Waals surface area contributed by atoms with Gasteiger partial charge in [0.25, 0.3) is 0 Å². The first-order chi connectivity index (χ1) is 12.2. The third-order valence-electron chi connectivity index (χ3n) is 3.20. The molecule has 3 rings (SSSR count). The van der Waals surface area contributed by atoms with Crippen LogP contribution in [0.1, 0.15) is 0 Å². The molecule has 0 aliphatic carbocycles. The summed E-state index contributed by atoms with van der Waals surface area (Å²) < 4.78 is 23.6. The lowest BCUT2D eigenvalue weighted by atomic mass is 10.3. The summed E-state index contributed by atoms with van der Waals surface area (Å²) in [6, 6.07) is 13.6. The van der Waals surface area contributed by atoms with Crippen molar-refractivity contribution < 1.29 is 18.7 Å². The number of carbonyl (C=O) groups excluding carboxylic acids is 1. The summed E-state index contributed by atoms with van der Waals surface area (Å²) in [6.45, 7) is 0.143. The van der Waals surface area contributed by atoms with Crippen molar-refractivity contribution in [1.29, 1.82) is 0 Å². The van der Waals surface area contributed by atoms with E-state index >= 15 is 0 Å². The molecule has 0 spiro atoms. The Bertz CT molecular complexity index is 876. The van der Waals surface area contributed by atoms with E-state index in [1.54, 1.807) is 18.3 Å². The molecular formula is C18H15FN2O3S. The molecule has 5 nitrogen and oxygen atoms in total. The van der Waals surface area contributed by atoms with Crippen LogP contribution >= 0.6 is 11.8 Å². The van der Waals surface area contributed by atoms with Crippen LogP contribution in [0, 0.1) is 5.82 Å². The Labute approximate surface area is 148 Å². The van der Waals surface area contributed by atoms with E-state index in [0.717, 1.165) is 11.0 Å². The van der Waals surface area contributed by atoms with E-state index in [9.17, 15) is 9.18 Å². The molecule has 0 fully saturated rings. The lowest BCUT2D eigenvalue weighted by Crippen LogP contribution is -2.14. The Morgan fingerprint density at radius 3 is 2.64 bits per heavy atom. The zero-order valence-corrected chi connectivity index (χ0v) is 14.0. The van der Waals surface area contributed by atoms with Crippen LogP contribution in [0.3, 0.4) is 0 Å². The second-order valence-corrected chi connectivity index (χ2v) is 5.98. The van der Waals surface area contributed by atoms with Gasteiger partial charge in [0.15, 0.2) is 11.6 Å². The highest BCUT2D eigenvalue weighted by atomic mass is 32.2. The predicted molar refractivity (Wildman–Crippen MR) is 93.1 cm³/mol. The van der Waals surface area contributed by atoms with Crippen LogP contribution in [0.15, 0.2) is 59.8 Å². The quantitative estimate of drug-likeness (QED) is 0.366. The Morgan fingerprint density at radius 2 is 1.80 bits per heavy atom. The van der Waals surface area contributed by atoms with Crippen molar-refractivity contribution in [2.45, 2.75) is 5.03 Å². The van der Waals surface area contributed by atoms with Gasteiger partial charge in [0, 0.05) is 0 Å². The van der Waals surface area contributed by atoms with Crippen LogP contribution in [-0.4, -0.2) is 34.9 Å². The fourth-order valence-corrected chi connectivity index (χ4v) is 2.69. The van der Waals surface area contributed by atoms with E-state index in [0.29, 0.717) is 5.03 Å². The number of carbonyl (C=O) groups is 1. The van der Waals surface area contributed by atoms with Gasteiger partial charge in [0.05, 0.1) is 23.0 Å². The number of para-hydroxylation sites is 3. The second-order valence-electron chi connectivity index (χ2n) is 4.98. The molecule has 0 saturated carbocycles. The van der Waals surface area contributed by atoms with Gasteiger partial charge in [-0.3, -0.25) is 9.78 Å². The number of fused-ring (bicyclic) bond motifs is 1. The van der Waals surface area contributed by atoms with Crippen molar-refractivity contribution in [2.75, 3.05) is 19.0 Å². The Kier molecular flexibility index (Phi) is 5.79. The maximum Gasteiger partial charge on any atom is 0.316 e. The molecule has 0 N–H and O–H groups in total. The molecular weight excluding hydrogens is 343 g/mol. The van der Waals surface area contributed by atoms with E-state index in [1.165, 1.54) is 23.9 Å². The minimum atomic E-state index is -0.445. The Balaban J connectivity index is 1.41. The van der Waals surface area contributed by atoms with Gasteiger partial charge in [-0.25, -0.2) is 9.37 Å². The average Bonchev–Trinajstić information content (AvgIpc) is 2.64.